The first-order valence-electron chi connectivity index (χ1n) is 6.82. The van der Waals surface area contributed by atoms with E-state index in [1.807, 2.05) is 0 Å². The maximum Gasteiger partial charge on any atom is 0.119 e. The second-order valence-electron chi connectivity index (χ2n) is 4.75. The van der Waals surface area contributed by atoms with E-state index in [9.17, 15) is 0 Å². The van der Waals surface area contributed by atoms with Gasteiger partial charge < -0.3 is 4.74 Å². The van der Waals surface area contributed by atoms with Gasteiger partial charge in [-0.05, 0) is 50.0 Å². The Hall–Kier alpha value is -1.02. The van der Waals surface area contributed by atoms with Crippen LogP contribution in [-0.4, -0.2) is 31.1 Å². The van der Waals surface area contributed by atoms with E-state index in [2.05, 4.69) is 36.1 Å². The first-order valence-corrected chi connectivity index (χ1v) is 6.82. The summed E-state index contributed by atoms with van der Waals surface area (Å²) >= 11 is 0. The third-order valence-corrected chi connectivity index (χ3v) is 3.46. The molecule has 1 heterocycles. The fourth-order valence-electron chi connectivity index (χ4n) is 2.30. The highest BCUT2D eigenvalue weighted by molar-refractivity contribution is 5.27. The third kappa shape index (κ3) is 4.69. The van der Waals surface area contributed by atoms with E-state index in [1.54, 1.807) is 0 Å². The number of hydrogen-bond donors (Lipinski definition) is 0. The van der Waals surface area contributed by atoms with Crippen LogP contribution < -0.4 is 4.74 Å². The molecule has 0 atom stereocenters. The Labute approximate surface area is 112 Å². The van der Waals surface area contributed by atoms with E-state index in [0.717, 1.165) is 25.3 Å². The largest absolute Gasteiger partial charge is 0.492 e. The standard InChI is InChI=1S/C15H23NO.CH4/c1-2-14-6-8-15(9-7-14)17-13-12-16-10-4-3-5-11-16;/h6-9H,2-5,10-13H2,1H3;1H4. The van der Waals surface area contributed by atoms with Crippen molar-refractivity contribution in [3.8, 4) is 5.75 Å². The molecule has 0 spiro atoms. The summed E-state index contributed by atoms with van der Waals surface area (Å²) in [7, 11) is 0. The first kappa shape index (κ1) is 15.0. The predicted molar refractivity (Wildman–Crippen MR) is 78.3 cm³/mol. The van der Waals surface area contributed by atoms with Gasteiger partial charge in [-0.1, -0.05) is 32.9 Å². The second-order valence-corrected chi connectivity index (χ2v) is 4.75. The van der Waals surface area contributed by atoms with Crippen molar-refractivity contribution in [2.24, 2.45) is 0 Å². The Morgan fingerprint density at radius 3 is 2.33 bits per heavy atom. The van der Waals surface area contributed by atoms with E-state index in [1.165, 1.54) is 37.9 Å². The maximum atomic E-state index is 5.77. The average molecular weight is 249 g/mol. The molecule has 1 aliphatic heterocycles. The molecule has 1 fully saturated rings. The van der Waals surface area contributed by atoms with Crippen LogP contribution in [0.25, 0.3) is 0 Å². The van der Waals surface area contributed by atoms with Crippen LogP contribution in [0.5, 0.6) is 5.75 Å². The van der Waals surface area contributed by atoms with Gasteiger partial charge in [-0.3, -0.25) is 4.90 Å². The van der Waals surface area contributed by atoms with E-state index in [-0.39, 0.29) is 7.43 Å². The Balaban J connectivity index is 0.00000162. The van der Waals surface area contributed by atoms with Crippen LogP contribution in [0.4, 0.5) is 0 Å². The van der Waals surface area contributed by atoms with Crippen molar-refractivity contribution >= 4 is 0 Å². The fourth-order valence-corrected chi connectivity index (χ4v) is 2.30. The lowest BCUT2D eigenvalue weighted by Gasteiger charge is -2.26. The molecule has 2 rings (SSSR count). The van der Waals surface area contributed by atoms with Crippen molar-refractivity contribution in [2.45, 2.75) is 40.0 Å². The molecular formula is C16H27NO. The SMILES string of the molecule is C.CCc1ccc(OCCN2CCCCC2)cc1. The summed E-state index contributed by atoms with van der Waals surface area (Å²) in [4.78, 5) is 2.50. The van der Waals surface area contributed by atoms with Gasteiger partial charge in [0.25, 0.3) is 0 Å². The fraction of sp³-hybridized carbons (Fsp3) is 0.625. The number of piperidine rings is 1. The number of aryl methyl sites for hydroxylation is 1. The quantitative estimate of drug-likeness (QED) is 0.788. The molecule has 0 N–H and O–H groups in total. The molecule has 1 aromatic carbocycles. The van der Waals surface area contributed by atoms with Gasteiger partial charge in [0.15, 0.2) is 0 Å². The molecule has 0 unspecified atom stereocenters. The van der Waals surface area contributed by atoms with E-state index < -0.39 is 0 Å². The van der Waals surface area contributed by atoms with Crippen LogP contribution in [0.3, 0.4) is 0 Å². The van der Waals surface area contributed by atoms with Crippen LogP contribution in [0.2, 0.25) is 0 Å². The molecule has 0 aliphatic carbocycles. The third-order valence-electron chi connectivity index (χ3n) is 3.46. The predicted octanol–water partition coefficient (Wildman–Crippen LogP) is 3.75. The van der Waals surface area contributed by atoms with Crippen molar-refractivity contribution in [3.63, 3.8) is 0 Å². The molecular weight excluding hydrogens is 222 g/mol. The number of likely N-dealkylation sites (tertiary alicyclic amines) is 1. The summed E-state index contributed by atoms with van der Waals surface area (Å²) in [5, 5.41) is 0. The molecule has 1 aromatic rings. The molecule has 102 valence electrons. The minimum absolute atomic E-state index is 0. The van der Waals surface area contributed by atoms with Gasteiger partial charge in [0.05, 0.1) is 0 Å². The number of hydrogen-bond acceptors (Lipinski definition) is 2. The highest BCUT2D eigenvalue weighted by atomic mass is 16.5. The van der Waals surface area contributed by atoms with Crippen molar-refractivity contribution < 1.29 is 4.74 Å². The van der Waals surface area contributed by atoms with Crippen LogP contribution in [0.1, 0.15) is 39.2 Å². The Morgan fingerprint density at radius 1 is 1.06 bits per heavy atom. The molecule has 2 nitrogen and oxygen atoms in total. The highest BCUT2D eigenvalue weighted by Gasteiger charge is 2.09. The van der Waals surface area contributed by atoms with Gasteiger partial charge >= 0.3 is 0 Å². The van der Waals surface area contributed by atoms with Crippen LogP contribution in [0, 0.1) is 0 Å². The summed E-state index contributed by atoms with van der Waals surface area (Å²) < 4.78 is 5.77. The number of benzene rings is 1. The van der Waals surface area contributed by atoms with Gasteiger partial charge in [-0.25, -0.2) is 0 Å². The molecule has 0 aromatic heterocycles. The Bertz CT molecular complexity index is 314. The zero-order valence-electron chi connectivity index (χ0n) is 10.8. The molecule has 1 saturated heterocycles. The van der Waals surface area contributed by atoms with Gasteiger partial charge in [0.1, 0.15) is 12.4 Å². The highest BCUT2D eigenvalue weighted by Crippen LogP contribution is 2.13. The summed E-state index contributed by atoms with van der Waals surface area (Å²) in [6, 6.07) is 8.45. The Kier molecular flexibility index (Phi) is 6.81. The smallest absolute Gasteiger partial charge is 0.119 e. The zero-order valence-corrected chi connectivity index (χ0v) is 10.8. The summed E-state index contributed by atoms with van der Waals surface area (Å²) in [5.41, 5.74) is 1.37. The van der Waals surface area contributed by atoms with Gasteiger partial charge in [-0.2, -0.15) is 0 Å². The van der Waals surface area contributed by atoms with Crippen molar-refractivity contribution in [1.29, 1.82) is 0 Å². The first-order chi connectivity index (χ1) is 8.38. The number of rotatable bonds is 5. The monoisotopic (exact) mass is 249 g/mol. The lowest BCUT2D eigenvalue weighted by Crippen LogP contribution is -2.33. The lowest BCUT2D eigenvalue weighted by atomic mass is 10.1. The molecule has 0 radical (unpaired) electrons. The minimum atomic E-state index is 0. The Morgan fingerprint density at radius 2 is 1.72 bits per heavy atom. The van der Waals surface area contributed by atoms with Crippen molar-refractivity contribution in [3.05, 3.63) is 29.8 Å². The normalized spacial score (nSPS) is 16.1. The average Bonchev–Trinajstić information content (AvgIpc) is 2.41. The molecule has 0 saturated carbocycles. The molecule has 0 amide bonds. The summed E-state index contributed by atoms with van der Waals surface area (Å²) in [5.74, 6) is 0.999. The molecule has 18 heavy (non-hydrogen) atoms. The lowest BCUT2D eigenvalue weighted by molar-refractivity contribution is 0.183. The molecule has 0 bridgehead atoms. The van der Waals surface area contributed by atoms with Gasteiger partial charge in [0.2, 0.25) is 0 Å². The van der Waals surface area contributed by atoms with Crippen LogP contribution in [0.15, 0.2) is 24.3 Å². The molecule has 2 heteroatoms. The zero-order chi connectivity index (χ0) is 11.9. The van der Waals surface area contributed by atoms with Gasteiger partial charge in [0, 0.05) is 6.54 Å². The van der Waals surface area contributed by atoms with Crippen molar-refractivity contribution in [2.75, 3.05) is 26.2 Å². The van der Waals surface area contributed by atoms with E-state index >= 15 is 0 Å². The van der Waals surface area contributed by atoms with Crippen LogP contribution >= 0.6 is 0 Å². The maximum absolute atomic E-state index is 5.77. The van der Waals surface area contributed by atoms with Crippen molar-refractivity contribution in [1.82, 2.24) is 4.90 Å². The van der Waals surface area contributed by atoms with Gasteiger partial charge in [-0.15, -0.1) is 0 Å². The number of ether oxygens (including phenoxy) is 1. The summed E-state index contributed by atoms with van der Waals surface area (Å²) in [6.07, 6.45) is 5.19. The number of nitrogens with zero attached hydrogens (tertiary/aromatic N) is 1. The topological polar surface area (TPSA) is 12.5 Å². The van der Waals surface area contributed by atoms with Crippen LogP contribution in [-0.2, 0) is 6.42 Å². The summed E-state index contributed by atoms with van der Waals surface area (Å²) in [6.45, 7) is 6.55. The van der Waals surface area contributed by atoms with E-state index in [0.29, 0.717) is 0 Å². The van der Waals surface area contributed by atoms with E-state index in [4.69, 9.17) is 4.74 Å². The minimum Gasteiger partial charge on any atom is -0.492 e. The second kappa shape index (κ2) is 8.15. The molecule has 1 aliphatic rings.